The molecule has 0 atom stereocenters. The number of aromatic nitrogens is 4. The maximum Gasteiger partial charge on any atom is 0.221 e. The Kier molecular flexibility index (Phi) is 10.2. The van der Waals surface area contributed by atoms with Crippen molar-refractivity contribution in [1.82, 2.24) is 29.7 Å². The molecule has 9 aromatic rings. The molecule has 9 nitrogen and oxygen atoms in total. The van der Waals surface area contributed by atoms with Crippen LogP contribution in [0.2, 0.25) is 0 Å². The summed E-state index contributed by atoms with van der Waals surface area (Å²) in [6.07, 6.45) is 23.4. The van der Waals surface area contributed by atoms with E-state index in [0.717, 1.165) is 61.0 Å². The summed E-state index contributed by atoms with van der Waals surface area (Å²) in [6, 6.07) is 34.5. The summed E-state index contributed by atoms with van der Waals surface area (Å²) >= 11 is 0. The third kappa shape index (κ3) is 9.18. The molecular formula is C64H54B2N8O. The summed E-state index contributed by atoms with van der Waals surface area (Å²) in [5, 5.41) is 8.10. The van der Waals surface area contributed by atoms with Gasteiger partial charge in [0.2, 0.25) is 11.8 Å². The molecule has 6 heterocycles. The molecule has 362 valence electrons. The van der Waals surface area contributed by atoms with E-state index in [9.17, 15) is 2.74 Å². The Labute approximate surface area is 450 Å². The molecule has 0 bridgehead atoms. The number of ether oxygens (including phenoxy) is 1. The van der Waals surface area contributed by atoms with Gasteiger partial charge < -0.3 is 29.7 Å². The van der Waals surface area contributed by atoms with Crippen molar-refractivity contribution in [2.75, 3.05) is 16.5 Å². The van der Waals surface area contributed by atoms with Gasteiger partial charge in [0.05, 0.1) is 57.4 Å². The largest absolute Gasteiger partial charge is 0.439 e. The van der Waals surface area contributed by atoms with E-state index in [1.807, 2.05) is 126 Å². The van der Waals surface area contributed by atoms with Crippen molar-refractivity contribution in [3.05, 3.63) is 248 Å². The predicted octanol–water partition coefficient (Wildman–Crippen LogP) is 14.4. The summed E-state index contributed by atoms with van der Waals surface area (Å²) in [5.41, 5.74) is 10.2. The van der Waals surface area contributed by atoms with Gasteiger partial charge in [0, 0.05) is 64.4 Å². The van der Waals surface area contributed by atoms with Crippen molar-refractivity contribution in [3.63, 3.8) is 0 Å². The van der Waals surface area contributed by atoms with E-state index in [4.69, 9.17) is 22.9 Å². The number of hydrogen-bond acceptors (Lipinski definition) is 7. The first-order valence-electron chi connectivity index (χ1n) is 28.8. The summed E-state index contributed by atoms with van der Waals surface area (Å²) < 4.78 is 80.7. The minimum Gasteiger partial charge on any atom is -0.439 e. The van der Waals surface area contributed by atoms with Crippen molar-refractivity contribution < 1.29 is 15.7 Å². The van der Waals surface area contributed by atoms with Gasteiger partial charge >= 0.3 is 0 Å². The lowest BCUT2D eigenvalue weighted by Gasteiger charge is -2.28. The zero-order valence-corrected chi connectivity index (χ0v) is 41.5. The van der Waals surface area contributed by atoms with Crippen molar-refractivity contribution in [1.29, 1.82) is 0 Å². The van der Waals surface area contributed by atoms with E-state index >= 15 is 0 Å². The van der Waals surface area contributed by atoms with Crippen molar-refractivity contribution in [3.8, 4) is 28.8 Å². The van der Waals surface area contributed by atoms with Crippen LogP contribution < -0.4 is 25.2 Å². The maximum atomic E-state index is 9.18. The van der Waals surface area contributed by atoms with Crippen molar-refractivity contribution >= 4 is 81.1 Å². The average molecular weight is 981 g/mol. The van der Waals surface area contributed by atoms with Crippen LogP contribution in [0.4, 0.5) is 22.7 Å². The molecule has 6 aromatic carbocycles. The summed E-state index contributed by atoms with van der Waals surface area (Å²) in [5.74, 6) is 4.62. The van der Waals surface area contributed by atoms with Gasteiger partial charge in [-0.05, 0) is 101 Å². The number of fused-ring (bicyclic) bond motifs is 5. The fraction of sp³-hybridized carbons (Fsp3) is 0.0938. The Hall–Kier alpha value is -9.21. The lowest BCUT2D eigenvalue weighted by molar-refractivity contribution is 0.464. The number of nitrogens with zero attached hydrogens (tertiary/aromatic N) is 6. The molecule has 3 aromatic heterocycles. The summed E-state index contributed by atoms with van der Waals surface area (Å²) in [7, 11) is 4.18. The highest BCUT2D eigenvalue weighted by Gasteiger charge is 2.32. The Morgan fingerprint density at radius 3 is 2.04 bits per heavy atom. The van der Waals surface area contributed by atoms with Crippen molar-refractivity contribution in [2.24, 2.45) is 6.98 Å². The van der Waals surface area contributed by atoms with E-state index in [-0.39, 0.29) is 35.2 Å². The quantitative estimate of drug-likeness (QED) is 0.147. The van der Waals surface area contributed by atoms with E-state index in [1.165, 1.54) is 4.57 Å². The third-order valence-corrected chi connectivity index (χ3v) is 13.4. The van der Waals surface area contributed by atoms with Crippen LogP contribution in [0.5, 0.6) is 11.6 Å². The predicted molar refractivity (Wildman–Crippen MR) is 314 cm³/mol. The molecule has 0 amide bonds. The first-order chi connectivity index (χ1) is 40.0. The number of aryl methyl sites for hydroxylation is 1. The van der Waals surface area contributed by atoms with E-state index < -0.39 is 37.2 Å². The van der Waals surface area contributed by atoms with Crippen LogP contribution in [-0.2, 0) is 12.4 Å². The lowest BCUT2D eigenvalue weighted by atomic mass is 9.63. The molecule has 0 aliphatic carbocycles. The maximum absolute atomic E-state index is 9.18. The first-order valence-corrected chi connectivity index (χ1v) is 24.8. The van der Waals surface area contributed by atoms with Gasteiger partial charge in [0.15, 0.2) is 14.6 Å². The molecule has 12 rings (SSSR count). The number of allylic oxidation sites excluding steroid dienone is 8. The lowest BCUT2D eigenvalue weighted by Crippen LogP contribution is -2.26. The second kappa shape index (κ2) is 20.0. The Balaban J connectivity index is 1.05. The normalized spacial score (nSPS) is 20.2. The first kappa shape index (κ1) is 38.4. The molecule has 3 aliphatic heterocycles. The number of hydrogen-bond donors (Lipinski definition) is 2. The van der Waals surface area contributed by atoms with E-state index in [1.54, 1.807) is 30.3 Å². The molecule has 0 fully saturated rings. The molecule has 0 unspecified atom stereocenters. The van der Waals surface area contributed by atoms with Crippen LogP contribution in [0.1, 0.15) is 48.4 Å². The fourth-order valence-electron chi connectivity index (χ4n) is 9.83. The molecular weight excluding hydrogens is 918 g/mol. The van der Waals surface area contributed by atoms with Gasteiger partial charge in [-0.3, -0.25) is 4.57 Å². The van der Waals surface area contributed by atoms with Crippen LogP contribution in [0.3, 0.4) is 0 Å². The van der Waals surface area contributed by atoms with E-state index in [2.05, 4.69) is 104 Å². The number of para-hydroxylation sites is 5. The van der Waals surface area contributed by atoms with Crippen LogP contribution in [0, 0.1) is 0 Å². The zero-order chi connectivity index (χ0) is 57.7. The number of anilines is 4. The van der Waals surface area contributed by atoms with Crippen LogP contribution in [0.25, 0.3) is 61.0 Å². The third-order valence-electron chi connectivity index (χ3n) is 13.4. The Morgan fingerprint density at radius 1 is 0.627 bits per heavy atom. The number of imidazole rings is 1. The SMILES string of the molecule is [2H]c1c([2H])c([2H])c(-c2cc(N3CN(c4c(/C5=C/C=C\N/C=C\C=C/[B]5)cccc4/C4=C/C=C\N/C=C\C=C/[B]4)c4ccccc43)cc(Oc3ccc4c5cc(C(C)(C)C)ccc5n(-c5nc6ccccc6n5C([2H])([2H])[2H])c4c3)n2)c([2H])c1[2H]. The summed E-state index contributed by atoms with van der Waals surface area (Å²) in [6.45, 7) is 4.10. The second-order valence-electron chi connectivity index (χ2n) is 19.2. The monoisotopic (exact) mass is 981 g/mol. The van der Waals surface area contributed by atoms with Gasteiger partial charge in [-0.1, -0.05) is 135 Å². The number of benzene rings is 6. The van der Waals surface area contributed by atoms with Gasteiger partial charge in [-0.15, -0.1) is 12.0 Å². The van der Waals surface area contributed by atoms with Gasteiger partial charge in [-0.2, -0.15) is 0 Å². The van der Waals surface area contributed by atoms with Gasteiger partial charge in [0.1, 0.15) is 12.4 Å². The molecule has 75 heavy (non-hydrogen) atoms. The van der Waals surface area contributed by atoms with Crippen molar-refractivity contribution in [2.45, 2.75) is 26.2 Å². The molecule has 2 radical (unpaired) electrons. The van der Waals surface area contributed by atoms with Crippen LogP contribution >= 0.6 is 0 Å². The molecule has 0 saturated carbocycles. The molecule has 3 aliphatic rings. The fourth-order valence-corrected chi connectivity index (χ4v) is 9.83. The number of pyridine rings is 1. The molecule has 11 heteroatoms. The summed E-state index contributed by atoms with van der Waals surface area (Å²) in [4.78, 5) is 14.3. The zero-order valence-electron chi connectivity index (χ0n) is 49.5. The molecule has 0 saturated heterocycles. The molecule has 2 N–H and O–H groups in total. The van der Waals surface area contributed by atoms with Crippen LogP contribution in [-0.4, -0.2) is 40.3 Å². The topological polar surface area (TPSA) is 75.4 Å². The Morgan fingerprint density at radius 2 is 1.32 bits per heavy atom. The number of rotatable bonds is 8. The second-order valence-corrected chi connectivity index (χ2v) is 19.2. The smallest absolute Gasteiger partial charge is 0.221 e. The highest BCUT2D eigenvalue weighted by molar-refractivity contribution is 6.67. The highest BCUT2D eigenvalue weighted by Crippen LogP contribution is 2.49. The minimum absolute atomic E-state index is 0.0677. The van der Waals surface area contributed by atoms with Gasteiger partial charge in [-0.25, -0.2) is 9.97 Å². The standard InChI is InChI=1S/C64H54B2N8O/c1-64(2,3)45-29-32-56-51(39-45)48-31-30-47(42-60(48)74(56)63-70-54-25-8-9-26-57(54)71(63)4)75-61-41-46(40-55(69-61)44-19-6-5-7-20-44)72-43-73(59-28-11-10-27-58(59)72)62-49(52-23-17-37-67-35-14-12-33-65-52)21-16-22-50(62)53-24-18-38-68-36-15-13-34-66-53/h5-42,67-68H,43H2,1-4H3/b33-12-,34-13-,35-14-,36-15-,37-17-,38-18-,52-23-,53-24-/i4D3,5D,6D,7D,19D,20D. The highest BCUT2D eigenvalue weighted by atomic mass is 16.5. The number of nitrogens with one attached hydrogen (secondary N) is 2. The minimum atomic E-state index is -2.60. The Bertz CT molecular complexity index is 4250. The van der Waals surface area contributed by atoms with Crippen LogP contribution in [0.15, 0.2) is 231 Å². The van der Waals surface area contributed by atoms with E-state index in [0.29, 0.717) is 28.0 Å². The van der Waals surface area contributed by atoms with Gasteiger partial charge in [0.25, 0.3) is 0 Å². The average Bonchev–Trinajstić information content (AvgIpc) is 1.91. The molecule has 0 spiro atoms.